The van der Waals surface area contributed by atoms with Gasteiger partial charge in [-0.05, 0) is 43.9 Å². The molecule has 3 nitrogen and oxygen atoms in total. The lowest BCUT2D eigenvalue weighted by Crippen LogP contribution is -2.23. The summed E-state index contributed by atoms with van der Waals surface area (Å²) >= 11 is 0. The normalized spacial score (nSPS) is 28.7. The molecule has 0 bridgehead atoms. The Labute approximate surface area is 78.8 Å². The van der Waals surface area contributed by atoms with Crippen LogP contribution in [0.4, 0.5) is 0 Å². The maximum atomic E-state index is 10.5. The standard InChI is InChI=1S/C10H17O3/c11-6-5-8-3-1-2-4-9(8)7-10(12)13/h1,8-9,11H,2-7H2,(H,12,13). The van der Waals surface area contributed by atoms with E-state index in [0.717, 1.165) is 25.7 Å². The van der Waals surface area contributed by atoms with Gasteiger partial charge in [0.1, 0.15) is 0 Å². The summed E-state index contributed by atoms with van der Waals surface area (Å²) in [5.41, 5.74) is 0. The van der Waals surface area contributed by atoms with Crippen molar-refractivity contribution in [3.63, 3.8) is 0 Å². The summed E-state index contributed by atoms with van der Waals surface area (Å²) in [5.74, 6) is -0.0562. The molecule has 0 saturated heterocycles. The molecule has 1 aliphatic carbocycles. The average molecular weight is 185 g/mol. The highest BCUT2D eigenvalue weighted by Gasteiger charge is 2.26. The van der Waals surface area contributed by atoms with Crippen LogP contribution in [-0.4, -0.2) is 22.8 Å². The number of hydrogen-bond acceptors (Lipinski definition) is 2. The molecule has 1 rings (SSSR count). The maximum absolute atomic E-state index is 10.5. The van der Waals surface area contributed by atoms with Crippen molar-refractivity contribution in [1.82, 2.24) is 0 Å². The SMILES string of the molecule is O=C(O)CC1CC[CH]CC1CCO. The maximum Gasteiger partial charge on any atom is 0.303 e. The fourth-order valence-corrected chi connectivity index (χ4v) is 2.10. The summed E-state index contributed by atoms with van der Waals surface area (Å²) in [6, 6.07) is 0. The number of aliphatic hydroxyl groups excluding tert-OH is 1. The monoisotopic (exact) mass is 185 g/mol. The van der Waals surface area contributed by atoms with Crippen LogP contribution in [0.15, 0.2) is 0 Å². The highest BCUT2D eigenvalue weighted by Crippen LogP contribution is 2.33. The summed E-state index contributed by atoms with van der Waals surface area (Å²) in [6.07, 6.45) is 6.18. The fourth-order valence-electron chi connectivity index (χ4n) is 2.10. The Morgan fingerprint density at radius 1 is 1.46 bits per heavy atom. The van der Waals surface area contributed by atoms with Gasteiger partial charge in [-0.25, -0.2) is 0 Å². The van der Waals surface area contributed by atoms with E-state index < -0.39 is 5.97 Å². The van der Waals surface area contributed by atoms with Crippen LogP contribution in [0.2, 0.25) is 0 Å². The smallest absolute Gasteiger partial charge is 0.303 e. The number of rotatable bonds is 4. The van der Waals surface area contributed by atoms with E-state index in [1.54, 1.807) is 0 Å². The molecule has 2 N–H and O–H groups in total. The van der Waals surface area contributed by atoms with Gasteiger partial charge < -0.3 is 10.2 Å². The van der Waals surface area contributed by atoms with E-state index >= 15 is 0 Å². The zero-order chi connectivity index (χ0) is 9.68. The molecule has 13 heavy (non-hydrogen) atoms. The highest BCUT2D eigenvalue weighted by molar-refractivity contribution is 5.67. The van der Waals surface area contributed by atoms with Crippen molar-refractivity contribution in [1.29, 1.82) is 0 Å². The molecule has 0 amide bonds. The average Bonchev–Trinajstić information content (AvgIpc) is 2.08. The molecule has 0 aromatic rings. The lowest BCUT2D eigenvalue weighted by Gasteiger charge is -2.29. The van der Waals surface area contributed by atoms with E-state index in [-0.39, 0.29) is 18.9 Å². The van der Waals surface area contributed by atoms with Crippen LogP contribution in [0.1, 0.15) is 32.1 Å². The number of hydrogen-bond donors (Lipinski definition) is 2. The highest BCUT2D eigenvalue weighted by atomic mass is 16.4. The third-order valence-corrected chi connectivity index (χ3v) is 2.81. The molecule has 2 atom stereocenters. The van der Waals surface area contributed by atoms with Crippen molar-refractivity contribution in [3.05, 3.63) is 6.42 Å². The fraction of sp³-hybridized carbons (Fsp3) is 0.800. The molecule has 1 fully saturated rings. The molecule has 0 aromatic carbocycles. The second-order valence-electron chi connectivity index (χ2n) is 3.73. The number of aliphatic carboxylic acids is 1. The van der Waals surface area contributed by atoms with Gasteiger partial charge >= 0.3 is 5.97 Å². The van der Waals surface area contributed by atoms with E-state index in [9.17, 15) is 4.79 Å². The molecule has 1 aliphatic rings. The Morgan fingerprint density at radius 3 is 2.85 bits per heavy atom. The van der Waals surface area contributed by atoms with Crippen molar-refractivity contribution >= 4 is 5.97 Å². The first kappa shape index (κ1) is 10.5. The van der Waals surface area contributed by atoms with Crippen molar-refractivity contribution in [2.45, 2.75) is 32.1 Å². The molecule has 2 unspecified atom stereocenters. The molecule has 0 spiro atoms. The van der Waals surface area contributed by atoms with Crippen LogP contribution >= 0.6 is 0 Å². The quantitative estimate of drug-likeness (QED) is 0.697. The van der Waals surface area contributed by atoms with Gasteiger partial charge in [0.15, 0.2) is 0 Å². The second-order valence-corrected chi connectivity index (χ2v) is 3.73. The molecular formula is C10H17O3. The van der Waals surface area contributed by atoms with E-state index in [1.165, 1.54) is 0 Å². The molecule has 1 radical (unpaired) electrons. The summed E-state index contributed by atoms with van der Waals surface area (Å²) in [5, 5.41) is 17.5. The van der Waals surface area contributed by atoms with Crippen molar-refractivity contribution < 1.29 is 15.0 Å². The van der Waals surface area contributed by atoms with Gasteiger partial charge in [0.2, 0.25) is 0 Å². The topological polar surface area (TPSA) is 57.5 Å². The first-order valence-corrected chi connectivity index (χ1v) is 4.88. The van der Waals surface area contributed by atoms with Crippen molar-refractivity contribution in [2.24, 2.45) is 11.8 Å². The first-order valence-electron chi connectivity index (χ1n) is 4.88. The largest absolute Gasteiger partial charge is 0.481 e. The van der Waals surface area contributed by atoms with Gasteiger partial charge in [-0.1, -0.05) is 0 Å². The summed E-state index contributed by atoms with van der Waals surface area (Å²) < 4.78 is 0. The Kier molecular flexibility index (Phi) is 4.22. The number of carboxylic acid groups (broad SMARTS) is 1. The Hall–Kier alpha value is -0.570. The second kappa shape index (κ2) is 5.22. The predicted molar refractivity (Wildman–Crippen MR) is 49.1 cm³/mol. The summed E-state index contributed by atoms with van der Waals surface area (Å²) in [6.45, 7) is 0.175. The zero-order valence-electron chi connectivity index (χ0n) is 7.78. The lowest BCUT2D eigenvalue weighted by atomic mass is 9.76. The van der Waals surface area contributed by atoms with Gasteiger partial charge in [-0.3, -0.25) is 4.79 Å². The zero-order valence-corrected chi connectivity index (χ0v) is 7.78. The van der Waals surface area contributed by atoms with Gasteiger partial charge in [0.05, 0.1) is 0 Å². The van der Waals surface area contributed by atoms with Crippen LogP contribution in [0.5, 0.6) is 0 Å². The summed E-state index contributed by atoms with van der Waals surface area (Å²) in [4.78, 5) is 10.5. The summed E-state index contributed by atoms with van der Waals surface area (Å²) in [7, 11) is 0. The van der Waals surface area contributed by atoms with Gasteiger partial charge in [0.25, 0.3) is 0 Å². The minimum Gasteiger partial charge on any atom is -0.481 e. The van der Waals surface area contributed by atoms with Crippen LogP contribution in [-0.2, 0) is 4.79 Å². The third-order valence-electron chi connectivity index (χ3n) is 2.81. The van der Waals surface area contributed by atoms with Gasteiger partial charge in [-0.15, -0.1) is 0 Å². The van der Waals surface area contributed by atoms with E-state index in [0.29, 0.717) is 5.92 Å². The Bertz CT molecular complexity index is 166. The number of carboxylic acids is 1. The van der Waals surface area contributed by atoms with Crippen LogP contribution in [0.25, 0.3) is 0 Å². The molecule has 1 saturated carbocycles. The van der Waals surface area contributed by atoms with Crippen molar-refractivity contribution in [3.8, 4) is 0 Å². The molecule has 0 heterocycles. The van der Waals surface area contributed by atoms with Crippen molar-refractivity contribution in [2.75, 3.05) is 6.61 Å². The Morgan fingerprint density at radius 2 is 2.23 bits per heavy atom. The van der Waals surface area contributed by atoms with Gasteiger partial charge in [0, 0.05) is 13.0 Å². The lowest BCUT2D eigenvalue weighted by molar-refractivity contribution is -0.138. The molecule has 75 valence electrons. The minimum atomic E-state index is -0.713. The molecular weight excluding hydrogens is 168 g/mol. The number of aliphatic hydroxyl groups is 1. The number of carbonyl (C=O) groups is 1. The van der Waals surface area contributed by atoms with E-state index in [1.807, 2.05) is 0 Å². The van der Waals surface area contributed by atoms with Crippen LogP contribution < -0.4 is 0 Å². The van der Waals surface area contributed by atoms with Gasteiger partial charge in [-0.2, -0.15) is 0 Å². The molecule has 3 heteroatoms. The van der Waals surface area contributed by atoms with Crippen LogP contribution in [0, 0.1) is 18.3 Å². The minimum absolute atomic E-state index is 0.175. The van der Waals surface area contributed by atoms with E-state index in [2.05, 4.69) is 6.42 Å². The third kappa shape index (κ3) is 3.35. The predicted octanol–water partition coefficient (Wildman–Crippen LogP) is 1.46. The molecule has 0 aliphatic heterocycles. The first-order chi connectivity index (χ1) is 6.24. The molecule has 0 aromatic heterocycles. The van der Waals surface area contributed by atoms with E-state index in [4.69, 9.17) is 10.2 Å². The van der Waals surface area contributed by atoms with Crippen LogP contribution in [0.3, 0.4) is 0 Å². The Balaban J connectivity index is 2.41.